The number of nitrogens with two attached hydrogens (primary N) is 1. The molecule has 0 amide bonds. The highest BCUT2D eigenvalue weighted by Gasteiger charge is 2.04. The van der Waals surface area contributed by atoms with E-state index < -0.39 is 0 Å². The molecule has 0 heterocycles. The van der Waals surface area contributed by atoms with Crippen molar-refractivity contribution in [1.82, 2.24) is 0 Å². The predicted molar refractivity (Wildman–Crippen MR) is 63.6 cm³/mol. The third-order valence-electron chi connectivity index (χ3n) is 1.59. The summed E-state index contributed by atoms with van der Waals surface area (Å²) in [5.41, 5.74) is 6.78. The summed E-state index contributed by atoms with van der Waals surface area (Å²) < 4.78 is 1.15. The lowest BCUT2D eigenvalue weighted by molar-refractivity contribution is 0.748. The second kappa shape index (κ2) is 6.19. The van der Waals surface area contributed by atoms with E-state index in [1.807, 2.05) is 24.3 Å². The highest BCUT2D eigenvalue weighted by Crippen LogP contribution is 2.15. The van der Waals surface area contributed by atoms with Gasteiger partial charge in [-0.05, 0) is 40.3 Å². The minimum Gasteiger partial charge on any atom is -0.323 e. The summed E-state index contributed by atoms with van der Waals surface area (Å²) in [6.45, 7) is 0. The van der Waals surface area contributed by atoms with E-state index >= 15 is 0 Å². The Morgan fingerprint density at radius 2 is 2.23 bits per heavy atom. The minimum absolute atomic E-state index is 0. The molecule has 0 fully saturated rings. The highest BCUT2D eigenvalue weighted by molar-refractivity contribution is 14.1. The molecule has 2 N–H and O–H groups in total. The van der Waals surface area contributed by atoms with Crippen molar-refractivity contribution in [2.24, 2.45) is 5.73 Å². The van der Waals surface area contributed by atoms with Crippen LogP contribution in [0.2, 0.25) is 0 Å². The van der Waals surface area contributed by atoms with Crippen LogP contribution >= 0.6 is 35.0 Å². The topological polar surface area (TPSA) is 49.8 Å². The van der Waals surface area contributed by atoms with Crippen LogP contribution in [0.3, 0.4) is 0 Å². The maximum absolute atomic E-state index is 8.44. The molecule has 0 unspecified atom stereocenters. The maximum Gasteiger partial charge on any atom is 0.0641 e. The fourth-order valence-corrected chi connectivity index (χ4v) is 1.52. The molecule has 0 aliphatic carbocycles. The van der Waals surface area contributed by atoms with Gasteiger partial charge in [0, 0.05) is 9.61 Å². The van der Waals surface area contributed by atoms with Crippen LogP contribution in [-0.2, 0) is 0 Å². The first-order chi connectivity index (χ1) is 5.74. The number of nitrogens with zero attached hydrogens (tertiary/aromatic N) is 1. The van der Waals surface area contributed by atoms with E-state index in [9.17, 15) is 0 Å². The van der Waals surface area contributed by atoms with Crippen LogP contribution in [0, 0.1) is 14.9 Å². The molecule has 0 spiro atoms. The van der Waals surface area contributed by atoms with Crippen LogP contribution in [0.15, 0.2) is 24.3 Å². The number of nitriles is 1. The quantitative estimate of drug-likeness (QED) is 0.854. The average molecular weight is 309 g/mol. The van der Waals surface area contributed by atoms with Gasteiger partial charge in [-0.25, -0.2) is 0 Å². The highest BCUT2D eigenvalue weighted by atomic mass is 127. The van der Waals surface area contributed by atoms with Gasteiger partial charge in [-0.15, -0.1) is 12.4 Å². The van der Waals surface area contributed by atoms with Crippen molar-refractivity contribution in [1.29, 1.82) is 5.26 Å². The van der Waals surface area contributed by atoms with E-state index in [0.717, 1.165) is 9.13 Å². The molecule has 0 saturated heterocycles. The molecule has 0 aliphatic rings. The van der Waals surface area contributed by atoms with Gasteiger partial charge in [-0.1, -0.05) is 12.1 Å². The van der Waals surface area contributed by atoms with E-state index in [2.05, 4.69) is 28.7 Å². The van der Waals surface area contributed by atoms with Crippen molar-refractivity contribution in [2.75, 3.05) is 0 Å². The Morgan fingerprint density at radius 1 is 1.54 bits per heavy atom. The van der Waals surface area contributed by atoms with Crippen molar-refractivity contribution in [2.45, 2.75) is 12.5 Å². The predicted octanol–water partition coefficient (Wildman–Crippen LogP) is 2.63. The molecule has 0 bridgehead atoms. The monoisotopic (exact) mass is 308 g/mol. The molecule has 1 aromatic rings. The van der Waals surface area contributed by atoms with Crippen molar-refractivity contribution in [3.63, 3.8) is 0 Å². The van der Waals surface area contributed by atoms with Crippen molar-refractivity contribution < 1.29 is 0 Å². The fourth-order valence-electron chi connectivity index (χ4n) is 0.953. The molecule has 0 saturated carbocycles. The van der Waals surface area contributed by atoms with Crippen LogP contribution in [0.1, 0.15) is 18.0 Å². The fraction of sp³-hybridized carbons (Fsp3) is 0.222. The van der Waals surface area contributed by atoms with E-state index in [-0.39, 0.29) is 18.4 Å². The number of rotatable bonds is 2. The Kier molecular flexibility index (Phi) is 6.04. The Morgan fingerprint density at radius 3 is 2.77 bits per heavy atom. The summed E-state index contributed by atoms with van der Waals surface area (Å²) in [5, 5.41) is 8.44. The summed E-state index contributed by atoms with van der Waals surface area (Å²) >= 11 is 2.23. The Bertz CT molecular complexity index is 309. The number of hydrogen-bond donors (Lipinski definition) is 1. The zero-order valence-corrected chi connectivity index (χ0v) is 9.88. The van der Waals surface area contributed by atoms with Gasteiger partial charge in [-0.3, -0.25) is 0 Å². The van der Waals surface area contributed by atoms with Gasteiger partial charge in [0.25, 0.3) is 0 Å². The Labute approximate surface area is 97.7 Å². The third kappa shape index (κ3) is 3.94. The summed E-state index contributed by atoms with van der Waals surface area (Å²) in [6, 6.07) is 9.82. The first-order valence-electron chi connectivity index (χ1n) is 3.62. The first-order valence-corrected chi connectivity index (χ1v) is 4.70. The lowest BCUT2D eigenvalue weighted by Crippen LogP contribution is -2.08. The van der Waals surface area contributed by atoms with Gasteiger partial charge in [0.15, 0.2) is 0 Å². The summed E-state index contributed by atoms with van der Waals surface area (Å²) in [4.78, 5) is 0. The van der Waals surface area contributed by atoms with Crippen molar-refractivity contribution >= 4 is 35.0 Å². The molecule has 13 heavy (non-hydrogen) atoms. The molecule has 70 valence electrons. The van der Waals surface area contributed by atoms with E-state index in [1.54, 1.807) is 0 Å². The molecule has 1 aromatic carbocycles. The van der Waals surface area contributed by atoms with Crippen molar-refractivity contribution in [3.8, 4) is 6.07 Å². The largest absolute Gasteiger partial charge is 0.323 e. The molecule has 1 rings (SSSR count). The van der Waals surface area contributed by atoms with Crippen LogP contribution in [0.5, 0.6) is 0 Å². The second-order valence-electron chi connectivity index (χ2n) is 2.52. The van der Waals surface area contributed by atoms with E-state index in [1.165, 1.54) is 0 Å². The Balaban J connectivity index is 0.00000144. The second-order valence-corrected chi connectivity index (χ2v) is 3.77. The van der Waals surface area contributed by atoms with Gasteiger partial charge in [0.2, 0.25) is 0 Å². The first kappa shape index (κ1) is 12.7. The zero-order valence-electron chi connectivity index (χ0n) is 6.90. The molecule has 4 heteroatoms. The van der Waals surface area contributed by atoms with E-state index in [4.69, 9.17) is 11.0 Å². The van der Waals surface area contributed by atoms with Crippen LogP contribution < -0.4 is 5.73 Å². The molecule has 2 nitrogen and oxygen atoms in total. The smallest absolute Gasteiger partial charge is 0.0641 e. The maximum atomic E-state index is 8.44. The average Bonchev–Trinajstić information content (AvgIpc) is 2.05. The Hall–Kier alpha value is -0.310. The molecule has 1 atom stereocenters. The summed E-state index contributed by atoms with van der Waals surface area (Å²) in [5.74, 6) is 0. The number of halogens is 2. The van der Waals surface area contributed by atoms with Crippen LogP contribution in [0.25, 0.3) is 0 Å². The lowest BCUT2D eigenvalue weighted by atomic mass is 10.1. The summed E-state index contributed by atoms with van der Waals surface area (Å²) in [7, 11) is 0. The van der Waals surface area contributed by atoms with Gasteiger partial charge >= 0.3 is 0 Å². The molecule has 0 aliphatic heterocycles. The standard InChI is InChI=1S/C9H9IN2.ClH/c10-8-3-1-2-7(6-8)9(12)4-5-11;/h1-3,6,9H,4,12H2;1H/t9-;/m1./s1. The molecule has 0 aromatic heterocycles. The third-order valence-corrected chi connectivity index (χ3v) is 2.26. The van der Waals surface area contributed by atoms with Gasteiger partial charge < -0.3 is 5.73 Å². The van der Waals surface area contributed by atoms with Gasteiger partial charge in [0.05, 0.1) is 12.5 Å². The number of hydrogen-bond acceptors (Lipinski definition) is 2. The number of benzene rings is 1. The molecule has 0 radical (unpaired) electrons. The molecular formula is C9H10ClIN2. The van der Waals surface area contributed by atoms with Crippen LogP contribution in [0.4, 0.5) is 0 Å². The van der Waals surface area contributed by atoms with Crippen molar-refractivity contribution in [3.05, 3.63) is 33.4 Å². The van der Waals surface area contributed by atoms with E-state index in [0.29, 0.717) is 6.42 Å². The zero-order chi connectivity index (χ0) is 8.97. The SMILES string of the molecule is Cl.N#CC[C@@H](N)c1cccc(I)c1. The van der Waals surface area contributed by atoms with Gasteiger partial charge in [-0.2, -0.15) is 5.26 Å². The van der Waals surface area contributed by atoms with Gasteiger partial charge in [0.1, 0.15) is 0 Å². The normalized spacial score (nSPS) is 11.2. The molecular weight excluding hydrogens is 298 g/mol. The van der Waals surface area contributed by atoms with Crippen LogP contribution in [-0.4, -0.2) is 0 Å². The minimum atomic E-state index is -0.148. The summed E-state index contributed by atoms with van der Waals surface area (Å²) in [6.07, 6.45) is 0.375. The lowest BCUT2D eigenvalue weighted by Gasteiger charge is -2.07.